The number of pyridine rings is 1. The van der Waals surface area contributed by atoms with Gasteiger partial charge in [0, 0.05) is 46.0 Å². The van der Waals surface area contributed by atoms with E-state index in [1.165, 1.54) is 18.6 Å². The number of rotatable bonds is 7. The van der Waals surface area contributed by atoms with Crippen LogP contribution in [0.5, 0.6) is 0 Å². The van der Waals surface area contributed by atoms with Crippen molar-refractivity contribution in [3.05, 3.63) is 111 Å². The Labute approximate surface area is 238 Å². The number of H-pyrrole nitrogens is 1. The molecule has 0 saturated heterocycles. The maximum absolute atomic E-state index is 14.0. The monoisotopic (exact) mass is 597 g/mol. The highest BCUT2D eigenvalue weighted by molar-refractivity contribution is 7.91. The van der Waals surface area contributed by atoms with Crippen molar-refractivity contribution in [3.8, 4) is 0 Å². The topological polar surface area (TPSA) is 118 Å². The van der Waals surface area contributed by atoms with Gasteiger partial charge in [0.15, 0.2) is 9.84 Å². The van der Waals surface area contributed by atoms with E-state index in [9.17, 15) is 21.6 Å². The van der Waals surface area contributed by atoms with Crippen LogP contribution in [0.25, 0.3) is 16.5 Å². The lowest BCUT2D eigenvalue weighted by Crippen LogP contribution is -2.41. The number of sulfone groups is 1. The van der Waals surface area contributed by atoms with Crippen LogP contribution in [0.3, 0.4) is 0 Å². The first-order valence-corrected chi connectivity index (χ1v) is 16.3. The van der Waals surface area contributed by atoms with Gasteiger partial charge in [-0.15, -0.1) is 0 Å². The summed E-state index contributed by atoms with van der Waals surface area (Å²) in [5.41, 5.74) is 3.80. The summed E-state index contributed by atoms with van der Waals surface area (Å²) in [6.45, 7) is 3.41. The molecule has 11 heteroatoms. The van der Waals surface area contributed by atoms with Gasteiger partial charge >= 0.3 is 0 Å². The van der Waals surface area contributed by atoms with Crippen LogP contribution in [0.15, 0.2) is 89.5 Å². The molecule has 0 bridgehead atoms. The Morgan fingerprint density at radius 3 is 2.45 bits per heavy atom. The zero-order chi connectivity index (χ0) is 28.9. The maximum Gasteiger partial charge on any atom is 0.273 e. The van der Waals surface area contributed by atoms with Crippen molar-refractivity contribution in [2.24, 2.45) is 0 Å². The molecule has 0 radical (unpaired) electrons. The lowest BCUT2D eigenvalue weighted by atomic mass is 9.86. The number of nitrogens with zero attached hydrogens (tertiary/aromatic N) is 1. The molecule has 2 N–H and O–H groups in total. The number of halogens is 1. The van der Waals surface area contributed by atoms with E-state index in [-0.39, 0.29) is 17.7 Å². The van der Waals surface area contributed by atoms with Crippen LogP contribution in [0, 0.1) is 0 Å². The van der Waals surface area contributed by atoms with E-state index in [1.54, 1.807) is 44.2 Å². The highest BCUT2D eigenvalue weighted by atomic mass is 35.5. The van der Waals surface area contributed by atoms with E-state index >= 15 is 0 Å². The highest BCUT2D eigenvalue weighted by Crippen LogP contribution is 2.41. The summed E-state index contributed by atoms with van der Waals surface area (Å²) >= 11 is 6.04. The first-order valence-electron chi connectivity index (χ1n) is 12.4. The van der Waals surface area contributed by atoms with E-state index in [2.05, 4.69) is 10.3 Å². The van der Waals surface area contributed by atoms with Crippen molar-refractivity contribution in [2.45, 2.75) is 30.8 Å². The minimum Gasteiger partial charge on any atom is -0.355 e. The Hall–Kier alpha value is -3.60. The largest absolute Gasteiger partial charge is 0.355 e. The average molecular weight is 598 g/mol. The summed E-state index contributed by atoms with van der Waals surface area (Å²) in [5, 5.41) is 4.49. The second-order valence-electron chi connectivity index (χ2n) is 10.2. The average Bonchev–Trinajstić information content (AvgIpc) is 3.33. The molecule has 2 aromatic heterocycles. The van der Waals surface area contributed by atoms with E-state index in [1.807, 2.05) is 36.4 Å². The van der Waals surface area contributed by atoms with E-state index in [0.717, 1.165) is 26.5 Å². The molecule has 40 heavy (non-hydrogen) atoms. The van der Waals surface area contributed by atoms with Crippen LogP contribution in [0.4, 0.5) is 11.4 Å². The molecule has 208 valence electrons. The van der Waals surface area contributed by atoms with Crippen molar-refractivity contribution >= 4 is 59.3 Å². The molecule has 0 amide bonds. The number of allylic oxidation sites excluding steroid dienone is 3. The van der Waals surface area contributed by atoms with Crippen LogP contribution < -0.4 is 10.9 Å². The second kappa shape index (κ2) is 10.1. The summed E-state index contributed by atoms with van der Waals surface area (Å²) in [5.74, 6) is -0.126. The summed E-state index contributed by atoms with van der Waals surface area (Å²) in [6.07, 6.45) is 7.88. The lowest BCUT2D eigenvalue weighted by molar-refractivity contribution is 0.547. The maximum atomic E-state index is 14.0. The molecule has 0 spiro atoms. The Bertz CT molecular complexity index is 1970. The van der Waals surface area contributed by atoms with Gasteiger partial charge in [-0.05, 0) is 85.5 Å². The van der Waals surface area contributed by atoms with Gasteiger partial charge in [0.05, 0.1) is 5.75 Å². The number of hydrogen-bond acceptors (Lipinski definition) is 6. The van der Waals surface area contributed by atoms with Gasteiger partial charge in [-0.25, -0.2) is 20.8 Å². The van der Waals surface area contributed by atoms with Gasteiger partial charge in [0.25, 0.3) is 5.56 Å². The molecule has 2 aromatic carbocycles. The molecule has 1 unspecified atom stereocenters. The number of benzene rings is 2. The predicted octanol–water partition coefficient (Wildman–Crippen LogP) is 5.64. The van der Waals surface area contributed by atoms with E-state index in [0.29, 0.717) is 21.5 Å². The van der Waals surface area contributed by atoms with Gasteiger partial charge in [-0.1, -0.05) is 29.8 Å². The van der Waals surface area contributed by atoms with Crippen LogP contribution in [0.2, 0.25) is 5.02 Å². The Morgan fingerprint density at radius 1 is 1.05 bits per heavy atom. The number of aromatic amines is 1. The minimum absolute atomic E-state index is 0.0780. The van der Waals surface area contributed by atoms with Gasteiger partial charge in [-0.3, -0.25) is 4.79 Å². The van der Waals surface area contributed by atoms with Gasteiger partial charge < -0.3 is 10.3 Å². The van der Waals surface area contributed by atoms with Crippen LogP contribution in [-0.4, -0.2) is 36.8 Å². The summed E-state index contributed by atoms with van der Waals surface area (Å²) in [4.78, 5) is 15.1. The third-order valence-corrected chi connectivity index (χ3v) is 10.8. The summed E-state index contributed by atoms with van der Waals surface area (Å²) < 4.78 is 51.8. The summed E-state index contributed by atoms with van der Waals surface area (Å²) in [6, 6.07) is 15.8. The molecule has 0 fully saturated rings. The molecular weight excluding hydrogens is 570 g/mol. The van der Waals surface area contributed by atoms with Gasteiger partial charge in [0.2, 0.25) is 10.0 Å². The van der Waals surface area contributed by atoms with Crippen LogP contribution in [-0.2, 0) is 25.6 Å². The third-order valence-electron chi connectivity index (χ3n) is 7.27. The second-order valence-corrected chi connectivity index (χ2v) is 15.1. The molecule has 2 heterocycles. The Morgan fingerprint density at radius 2 is 1.77 bits per heavy atom. The van der Waals surface area contributed by atoms with Crippen molar-refractivity contribution in [1.29, 1.82) is 0 Å². The normalized spacial score (nSPS) is 17.9. The van der Waals surface area contributed by atoms with E-state index in [4.69, 9.17) is 11.6 Å². The molecule has 0 aliphatic heterocycles. The molecule has 5 rings (SSSR count). The first-order chi connectivity index (χ1) is 18.8. The van der Waals surface area contributed by atoms with Crippen molar-refractivity contribution < 1.29 is 16.8 Å². The quantitative estimate of drug-likeness (QED) is 0.285. The minimum atomic E-state index is -4.04. The molecule has 4 aromatic rings. The molecule has 1 atom stereocenters. The molecule has 1 aliphatic carbocycles. The highest BCUT2D eigenvalue weighted by Gasteiger charge is 2.43. The first kappa shape index (κ1) is 27.9. The number of fused-ring (bicyclic) bond motifs is 1. The van der Waals surface area contributed by atoms with Gasteiger partial charge in [-0.2, -0.15) is 0 Å². The smallest absolute Gasteiger partial charge is 0.273 e. The SMILES string of the molecule is CC1=CC(c2cc(CS(C)(=O)=O)ccc2Nc2ccc(Cl)cc2)=CCC1(C)S(=O)(=O)n1ccc2cc[nH]c(=O)c21. The fourth-order valence-electron chi connectivity index (χ4n) is 4.91. The number of anilines is 2. The fourth-order valence-corrected chi connectivity index (χ4v) is 7.67. The zero-order valence-corrected chi connectivity index (χ0v) is 24.5. The number of aromatic nitrogens is 2. The number of nitrogens with one attached hydrogen (secondary N) is 2. The van der Waals surface area contributed by atoms with Gasteiger partial charge in [0.1, 0.15) is 10.3 Å². The molecule has 1 aliphatic rings. The lowest BCUT2D eigenvalue weighted by Gasteiger charge is -2.33. The number of hydrogen-bond donors (Lipinski definition) is 2. The summed E-state index contributed by atoms with van der Waals surface area (Å²) in [7, 11) is -7.32. The van der Waals surface area contributed by atoms with Crippen LogP contribution >= 0.6 is 11.6 Å². The standard InChI is InChI=1S/C29H28ClN3O5S2/c1-19-16-22(10-13-29(19,2)40(37,38)33-15-12-21-11-14-31-28(34)27(21)33)25-17-20(18-39(3,35)36)4-9-26(25)32-24-7-5-23(30)6-8-24/h4-12,14-17,32H,13,18H2,1-3H3,(H,31,34). The Balaban J connectivity index is 1.57. The third kappa shape index (κ3) is 5.14. The Kier molecular flexibility index (Phi) is 7.06. The van der Waals surface area contributed by atoms with Crippen molar-refractivity contribution in [3.63, 3.8) is 0 Å². The predicted molar refractivity (Wildman–Crippen MR) is 161 cm³/mol. The molecule has 0 saturated carbocycles. The molecular formula is C29H28ClN3O5S2. The van der Waals surface area contributed by atoms with Crippen molar-refractivity contribution in [1.82, 2.24) is 8.96 Å². The zero-order valence-electron chi connectivity index (χ0n) is 22.1. The molecule has 8 nitrogen and oxygen atoms in total. The van der Waals surface area contributed by atoms with E-state index < -0.39 is 30.2 Å². The fraction of sp³-hybridized carbons (Fsp3) is 0.207. The van der Waals surface area contributed by atoms with Crippen molar-refractivity contribution in [2.75, 3.05) is 11.6 Å². The van der Waals surface area contributed by atoms with Crippen LogP contribution in [0.1, 0.15) is 31.4 Å².